The summed E-state index contributed by atoms with van der Waals surface area (Å²) in [6.45, 7) is 3.49. The zero-order valence-electron chi connectivity index (χ0n) is 9.77. The quantitative estimate of drug-likeness (QED) is 0.804. The number of nitrogens with one attached hydrogen (secondary N) is 2. The number of piperidine rings is 1. The van der Waals surface area contributed by atoms with Crippen LogP contribution in [0.3, 0.4) is 0 Å². The molecule has 1 aromatic rings. The van der Waals surface area contributed by atoms with Gasteiger partial charge in [0.05, 0.1) is 17.5 Å². The number of nitrogens with zero attached hydrogens (tertiary/aromatic N) is 1. The average molecular weight is 259 g/mol. The Labute approximate surface area is 101 Å². The monoisotopic (exact) mass is 259 g/mol. The van der Waals surface area contributed by atoms with Crippen LogP contribution < -0.4 is 10.0 Å². The standard InChI is InChI=1S/C10H17N3O3S/c1-8-6-9(16-13-8)7-12-17(14,15)10-2-4-11-5-3-10/h6,10-12H,2-5,7H2,1H3. The van der Waals surface area contributed by atoms with Crippen molar-refractivity contribution in [3.8, 4) is 0 Å². The van der Waals surface area contributed by atoms with Crippen molar-refractivity contribution in [2.75, 3.05) is 13.1 Å². The Bertz CT molecular complexity index is 463. The van der Waals surface area contributed by atoms with E-state index in [1.807, 2.05) is 0 Å². The number of rotatable bonds is 4. The van der Waals surface area contributed by atoms with E-state index >= 15 is 0 Å². The summed E-state index contributed by atoms with van der Waals surface area (Å²) in [5.74, 6) is 0.542. The van der Waals surface area contributed by atoms with Gasteiger partial charge in [-0.2, -0.15) is 0 Å². The van der Waals surface area contributed by atoms with Crippen molar-refractivity contribution in [2.24, 2.45) is 0 Å². The van der Waals surface area contributed by atoms with Crippen molar-refractivity contribution < 1.29 is 12.9 Å². The van der Waals surface area contributed by atoms with Crippen LogP contribution in [0.25, 0.3) is 0 Å². The number of aromatic nitrogens is 1. The molecule has 0 spiro atoms. The highest BCUT2D eigenvalue weighted by Crippen LogP contribution is 2.12. The molecule has 0 aromatic carbocycles. The van der Waals surface area contributed by atoms with Crippen LogP contribution in [0.1, 0.15) is 24.3 Å². The van der Waals surface area contributed by atoms with E-state index in [1.165, 1.54) is 0 Å². The molecule has 0 saturated carbocycles. The molecule has 0 unspecified atom stereocenters. The lowest BCUT2D eigenvalue weighted by Crippen LogP contribution is -2.41. The van der Waals surface area contributed by atoms with Crippen molar-refractivity contribution >= 4 is 10.0 Å². The smallest absolute Gasteiger partial charge is 0.214 e. The van der Waals surface area contributed by atoms with Crippen LogP contribution in [-0.4, -0.2) is 31.9 Å². The van der Waals surface area contributed by atoms with E-state index in [0.717, 1.165) is 18.8 Å². The van der Waals surface area contributed by atoms with Gasteiger partial charge in [0.2, 0.25) is 10.0 Å². The molecule has 2 heterocycles. The van der Waals surface area contributed by atoms with Crippen LogP contribution in [0, 0.1) is 6.92 Å². The molecule has 1 saturated heterocycles. The van der Waals surface area contributed by atoms with Gasteiger partial charge in [0.25, 0.3) is 0 Å². The fourth-order valence-electron chi connectivity index (χ4n) is 1.89. The number of sulfonamides is 1. The normalized spacial score (nSPS) is 18.4. The highest BCUT2D eigenvalue weighted by molar-refractivity contribution is 7.90. The van der Waals surface area contributed by atoms with E-state index in [-0.39, 0.29) is 11.8 Å². The first-order valence-corrected chi connectivity index (χ1v) is 7.24. The molecule has 7 heteroatoms. The third-order valence-electron chi connectivity index (χ3n) is 2.85. The van der Waals surface area contributed by atoms with Gasteiger partial charge >= 0.3 is 0 Å². The SMILES string of the molecule is Cc1cc(CNS(=O)(=O)C2CCNCC2)on1. The molecule has 1 fully saturated rings. The third kappa shape index (κ3) is 3.27. The molecule has 6 nitrogen and oxygen atoms in total. The molecule has 1 aliphatic rings. The Morgan fingerprint density at radius 2 is 2.24 bits per heavy atom. The van der Waals surface area contributed by atoms with E-state index < -0.39 is 10.0 Å². The Morgan fingerprint density at radius 1 is 1.53 bits per heavy atom. The second-order valence-electron chi connectivity index (χ2n) is 4.25. The molecule has 0 amide bonds. The topological polar surface area (TPSA) is 84.2 Å². The minimum absolute atomic E-state index is 0.174. The highest BCUT2D eigenvalue weighted by atomic mass is 32.2. The van der Waals surface area contributed by atoms with Gasteiger partial charge in [0.15, 0.2) is 5.76 Å². The Morgan fingerprint density at radius 3 is 2.82 bits per heavy atom. The summed E-state index contributed by atoms with van der Waals surface area (Å²) in [6, 6.07) is 1.73. The second-order valence-corrected chi connectivity index (χ2v) is 6.30. The van der Waals surface area contributed by atoms with E-state index in [9.17, 15) is 8.42 Å². The molecule has 17 heavy (non-hydrogen) atoms. The Balaban J connectivity index is 1.92. The second kappa shape index (κ2) is 5.16. The molecule has 2 rings (SSSR count). The summed E-state index contributed by atoms with van der Waals surface area (Å²) < 4.78 is 31.5. The van der Waals surface area contributed by atoms with Gasteiger partial charge in [0.1, 0.15) is 0 Å². The first-order chi connectivity index (χ1) is 8.08. The maximum absolute atomic E-state index is 12.0. The Hall–Kier alpha value is -0.920. The van der Waals surface area contributed by atoms with Crippen molar-refractivity contribution in [3.05, 3.63) is 17.5 Å². The fourth-order valence-corrected chi connectivity index (χ4v) is 3.33. The van der Waals surface area contributed by atoms with Gasteiger partial charge in [-0.1, -0.05) is 5.16 Å². The molecule has 2 N–H and O–H groups in total. The van der Waals surface area contributed by atoms with Crippen molar-refractivity contribution in [2.45, 2.75) is 31.6 Å². The summed E-state index contributed by atoms with van der Waals surface area (Å²) >= 11 is 0. The largest absolute Gasteiger partial charge is 0.360 e. The molecule has 0 atom stereocenters. The van der Waals surface area contributed by atoms with E-state index in [0.29, 0.717) is 18.6 Å². The van der Waals surface area contributed by atoms with Gasteiger partial charge in [-0.05, 0) is 32.9 Å². The third-order valence-corrected chi connectivity index (χ3v) is 4.75. The van der Waals surface area contributed by atoms with Crippen LogP contribution in [0.15, 0.2) is 10.6 Å². The summed E-state index contributed by atoms with van der Waals surface area (Å²) in [7, 11) is -3.25. The van der Waals surface area contributed by atoms with Crippen molar-refractivity contribution in [1.29, 1.82) is 0 Å². The zero-order chi connectivity index (χ0) is 12.3. The minimum atomic E-state index is -3.25. The molecule has 0 bridgehead atoms. The first kappa shape index (κ1) is 12.5. The van der Waals surface area contributed by atoms with Gasteiger partial charge in [-0.3, -0.25) is 0 Å². The van der Waals surface area contributed by atoms with Gasteiger partial charge in [-0.25, -0.2) is 13.1 Å². The van der Waals surface area contributed by atoms with Crippen LogP contribution >= 0.6 is 0 Å². The fraction of sp³-hybridized carbons (Fsp3) is 0.700. The van der Waals surface area contributed by atoms with Gasteiger partial charge in [-0.15, -0.1) is 0 Å². The minimum Gasteiger partial charge on any atom is -0.360 e. The zero-order valence-corrected chi connectivity index (χ0v) is 10.6. The van der Waals surface area contributed by atoms with Gasteiger partial charge in [0, 0.05) is 6.07 Å². The molecular weight excluding hydrogens is 242 g/mol. The van der Waals surface area contributed by atoms with E-state index in [2.05, 4.69) is 15.2 Å². The van der Waals surface area contributed by atoms with Crippen LogP contribution in [0.4, 0.5) is 0 Å². The molecular formula is C10H17N3O3S. The highest BCUT2D eigenvalue weighted by Gasteiger charge is 2.26. The predicted molar refractivity (Wildman–Crippen MR) is 62.9 cm³/mol. The molecule has 0 radical (unpaired) electrons. The average Bonchev–Trinajstić information content (AvgIpc) is 2.74. The van der Waals surface area contributed by atoms with E-state index in [4.69, 9.17) is 4.52 Å². The van der Waals surface area contributed by atoms with Crippen molar-refractivity contribution in [1.82, 2.24) is 15.2 Å². The molecule has 0 aliphatic carbocycles. The van der Waals surface area contributed by atoms with Crippen molar-refractivity contribution in [3.63, 3.8) is 0 Å². The summed E-state index contributed by atoms with van der Waals surface area (Å²) in [5.41, 5.74) is 0.751. The molecule has 1 aromatic heterocycles. The maximum atomic E-state index is 12.0. The lowest BCUT2D eigenvalue weighted by Gasteiger charge is -2.22. The molecule has 1 aliphatic heterocycles. The lowest BCUT2D eigenvalue weighted by molar-refractivity contribution is 0.376. The summed E-state index contributed by atoms with van der Waals surface area (Å²) in [6.07, 6.45) is 1.32. The van der Waals surface area contributed by atoms with Crippen LogP contribution in [0.2, 0.25) is 0 Å². The lowest BCUT2D eigenvalue weighted by atomic mass is 10.2. The first-order valence-electron chi connectivity index (χ1n) is 5.69. The predicted octanol–water partition coefficient (Wildman–Crippen LogP) is 0.154. The number of hydrogen-bond acceptors (Lipinski definition) is 5. The number of aryl methyl sites for hydroxylation is 1. The maximum Gasteiger partial charge on any atom is 0.214 e. The molecule has 96 valence electrons. The number of hydrogen-bond donors (Lipinski definition) is 2. The van der Waals surface area contributed by atoms with Gasteiger partial charge < -0.3 is 9.84 Å². The van der Waals surface area contributed by atoms with Crippen LogP contribution in [-0.2, 0) is 16.6 Å². The van der Waals surface area contributed by atoms with E-state index in [1.54, 1.807) is 13.0 Å². The summed E-state index contributed by atoms with van der Waals surface area (Å²) in [4.78, 5) is 0. The summed E-state index contributed by atoms with van der Waals surface area (Å²) in [5, 5.41) is 6.55. The van der Waals surface area contributed by atoms with Crippen LogP contribution in [0.5, 0.6) is 0 Å². The Kier molecular flexibility index (Phi) is 3.80.